The van der Waals surface area contributed by atoms with E-state index in [1.54, 1.807) is 16.7 Å². The summed E-state index contributed by atoms with van der Waals surface area (Å²) in [6.45, 7) is 0.184. The first-order valence-electron chi connectivity index (χ1n) is 13.9. The van der Waals surface area contributed by atoms with Gasteiger partial charge in [-0.05, 0) is 68.2 Å². The second-order valence-corrected chi connectivity index (χ2v) is 11.2. The number of aliphatic hydroxyl groups excluding tert-OH is 1. The van der Waals surface area contributed by atoms with E-state index in [4.69, 9.17) is 5.73 Å². The highest BCUT2D eigenvalue weighted by Gasteiger charge is 2.34. The number of amides is 1. The molecule has 204 valence electrons. The maximum atomic E-state index is 13.3. The number of aliphatic hydroxyl groups is 1. The van der Waals surface area contributed by atoms with Crippen LogP contribution in [0.1, 0.15) is 77.0 Å². The topological polar surface area (TPSA) is 145 Å². The molecule has 4 N–H and O–H groups in total. The van der Waals surface area contributed by atoms with Crippen molar-refractivity contribution in [2.75, 3.05) is 17.7 Å². The number of aromatic nitrogens is 4. The summed E-state index contributed by atoms with van der Waals surface area (Å²) in [6.07, 6.45) is 8.89. The van der Waals surface area contributed by atoms with Crippen LogP contribution in [0.25, 0.3) is 22.2 Å². The second-order valence-electron chi connectivity index (χ2n) is 11.2. The molecule has 40 heavy (non-hydrogen) atoms. The third-order valence-electron chi connectivity index (χ3n) is 8.57. The first-order valence-corrected chi connectivity index (χ1v) is 13.9. The van der Waals surface area contributed by atoms with Gasteiger partial charge < -0.3 is 25.3 Å². The van der Waals surface area contributed by atoms with Crippen molar-refractivity contribution < 1.29 is 14.7 Å². The van der Waals surface area contributed by atoms with Gasteiger partial charge in [-0.2, -0.15) is 0 Å². The van der Waals surface area contributed by atoms with E-state index >= 15 is 0 Å². The molecule has 4 aromatic rings. The lowest BCUT2D eigenvalue weighted by Crippen LogP contribution is -2.34. The molecule has 3 heterocycles. The lowest BCUT2D eigenvalue weighted by Gasteiger charge is -2.35. The molecule has 3 aromatic heterocycles. The lowest BCUT2D eigenvalue weighted by atomic mass is 9.81. The number of carbonyl (C=O) groups excluding carboxylic acids is 2. The summed E-state index contributed by atoms with van der Waals surface area (Å²) < 4.78 is 3.81. The SMILES string of the molecule is Nc1ncnc2c1c(-c1ccc(NC(=O)c3cc4c(n(C5CC5)c3=O)CCCC4=O)cc1)cn2C1CC(CO)C1. The van der Waals surface area contributed by atoms with E-state index in [9.17, 15) is 19.5 Å². The van der Waals surface area contributed by atoms with Gasteiger partial charge in [-0.1, -0.05) is 12.1 Å². The Hall–Kier alpha value is -4.31. The molecule has 2 fully saturated rings. The molecule has 7 rings (SSSR count). The van der Waals surface area contributed by atoms with Gasteiger partial charge in [-0.3, -0.25) is 14.4 Å². The van der Waals surface area contributed by atoms with E-state index in [0.29, 0.717) is 35.8 Å². The molecule has 1 amide bonds. The predicted molar refractivity (Wildman–Crippen MR) is 150 cm³/mol. The van der Waals surface area contributed by atoms with Gasteiger partial charge in [0.2, 0.25) is 0 Å². The average molecular weight is 539 g/mol. The molecule has 10 nitrogen and oxygen atoms in total. The number of nitrogens with zero attached hydrogens (tertiary/aromatic N) is 4. The molecule has 0 spiro atoms. The van der Waals surface area contributed by atoms with Gasteiger partial charge in [0.05, 0.1) is 5.39 Å². The number of anilines is 2. The monoisotopic (exact) mass is 538 g/mol. The average Bonchev–Trinajstić information content (AvgIpc) is 3.69. The van der Waals surface area contributed by atoms with E-state index < -0.39 is 5.91 Å². The molecule has 0 aliphatic heterocycles. The maximum absolute atomic E-state index is 13.3. The van der Waals surface area contributed by atoms with Crippen molar-refractivity contribution >= 4 is 34.2 Å². The number of nitrogen functional groups attached to an aromatic ring is 1. The normalized spacial score (nSPS) is 20.3. The zero-order chi connectivity index (χ0) is 27.5. The highest BCUT2D eigenvalue weighted by Crippen LogP contribution is 2.42. The van der Waals surface area contributed by atoms with Crippen LogP contribution >= 0.6 is 0 Å². The number of Topliss-reactive ketones (excluding diaryl/α,β-unsaturated/α-hetero) is 1. The van der Waals surface area contributed by atoms with Gasteiger partial charge in [-0.25, -0.2) is 9.97 Å². The Kier molecular flexibility index (Phi) is 5.81. The molecule has 0 radical (unpaired) electrons. The third kappa shape index (κ3) is 4.02. The predicted octanol–water partition coefficient (Wildman–Crippen LogP) is 3.89. The zero-order valence-corrected chi connectivity index (χ0v) is 22.0. The van der Waals surface area contributed by atoms with Crippen LogP contribution in [0.5, 0.6) is 0 Å². The maximum Gasteiger partial charge on any atom is 0.263 e. The number of carbonyl (C=O) groups is 2. The van der Waals surface area contributed by atoms with Crippen molar-refractivity contribution in [2.45, 2.75) is 57.0 Å². The third-order valence-corrected chi connectivity index (χ3v) is 8.57. The number of hydrogen-bond acceptors (Lipinski definition) is 7. The van der Waals surface area contributed by atoms with Crippen LogP contribution in [0, 0.1) is 5.92 Å². The minimum Gasteiger partial charge on any atom is -0.396 e. The molecular formula is C30H30N6O4. The molecule has 0 bridgehead atoms. The number of pyridine rings is 1. The minimum atomic E-state index is -0.522. The number of benzene rings is 1. The standard InChI is InChI=1S/C30H30N6O4/c31-27-26-23(13-35(28(26)33-15-32-27)20-10-16(11-20)14-37)17-4-6-18(7-5-17)34-29(39)22-12-21-24(2-1-3-25(21)38)36(30(22)40)19-8-9-19/h4-7,12-13,15-16,19-20,37H,1-3,8-11,14H2,(H,34,39)(H2,31,32,33). The Morgan fingerprint density at radius 1 is 1.05 bits per heavy atom. The van der Waals surface area contributed by atoms with E-state index in [0.717, 1.165) is 60.0 Å². The summed E-state index contributed by atoms with van der Waals surface area (Å²) in [6, 6.07) is 9.14. The number of rotatable bonds is 6. The largest absolute Gasteiger partial charge is 0.396 e. The molecule has 2 saturated carbocycles. The van der Waals surface area contributed by atoms with Crippen LogP contribution in [0.4, 0.5) is 11.5 Å². The fourth-order valence-electron chi connectivity index (χ4n) is 6.21. The summed E-state index contributed by atoms with van der Waals surface area (Å²) in [7, 11) is 0. The smallest absolute Gasteiger partial charge is 0.263 e. The van der Waals surface area contributed by atoms with Crippen molar-refractivity contribution in [2.24, 2.45) is 5.92 Å². The number of ketones is 1. The first kappa shape index (κ1) is 24.7. The van der Waals surface area contributed by atoms with E-state index in [-0.39, 0.29) is 35.6 Å². The second kappa shape index (κ2) is 9.41. The molecular weight excluding hydrogens is 508 g/mol. The van der Waals surface area contributed by atoms with Crippen LogP contribution in [-0.4, -0.2) is 42.5 Å². The Labute approximate surface area is 229 Å². The van der Waals surface area contributed by atoms with Crippen molar-refractivity contribution in [3.63, 3.8) is 0 Å². The summed E-state index contributed by atoms with van der Waals surface area (Å²) >= 11 is 0. The van der Waals surface area contributed by atoms with Crippen LogP contribution in [-0.2, 0) is 6.42 Å². The van der Waals surface area contributed by atoms with Crippen molar-refractivity contribution in [1.29, 1.82) is 0 Å². The van der Waals surface area contributed by atoms with Crippen LogP contribution in [0.2, 0.25) is 0 Å². The van der Waals surface area contributed by atoms with E-state index in [1.807, 2.05) is 18.3 Å². The Balaban J connectivity index is 1.18. The summed E-state index contributed by atoms with van der Waals surface area (Å²) in [5.41, 5.74) is 10.3. The number of nitrogens with one attached hydrogen (secondary N) is 1. The fourth-order valence-corrected chi connectivity index (χ4v) is 6.21. The van der Waals surface area contributed by atoms with Gasteiger partial charge in [0.15, 0.2) is 5.78 Å². The van der Waals surface area contributed by atoms with Gasteiger partial charge >= 0.3 is 0 Å². The van der Waals surface area contributed by atoms with Crippen LogP contribution in [0.3, 0.4) is 0 Å². The molecule has 0 saturated heterocycles. The molecule has 0 unspecified atom stereocenters. The number of hydrogen-bond donors (Lipinski definition) is 3. The minimum absolute atomic E-state index is 0.000323. The van der Waals surface area contributed by atoms with Crippen LogP contribution in [0.15, 0.2) is 47.7 Å². The van der Waals surface area contributed by atoms with Crippen molar-refractivity contribution in [3.05, 3.63) is 70.0 Å². The van der Waals surface area contributed by atoms with Crippen molar-refractivity contribution in [1.82, 2.24) is 19.1 Å². The van der Waals surface area contributed by atoms with Crippen LogP contribution < -0.4 is 16.6 Å². The number of fused-ring (bicyclic) bond motifs is 2. The first-order chi connectivity index (χ1) is 19.4. The van der Waals surface area contributed by atoms with Gasteiger partial charge in [0, 0.05) is 53.8 Å². The highest BCUT2D eigenvalue weighted by atomic mass is 16.3. The quantitative estimate of drug-likeness (QED) is 0.338. The van der Waals surface area contributed by atoms with E-state index in [1.165, 1.54) is 12.4 Å². The Morgan fingerprint density at radius 2 is 1.82 bits per heavy atom. The number of nitrogens with two attached hydrogens (primary N) is 1. The van der Waals surface area contributed by atoms with Gasteiger partial charge in [-0.15, -0.1) is 0 Å². The van der Waals surface area contributed by atoms with Gasteiger partial charge in [0.1, 0.15) is 23.4 Å². The van der Waals surface area contributed by atoms with E-state index in [2.05, 4.69) is 19.9 Å². The molecule has 1 aromatic carbocycles. The van der Waals surface area contributed by atoms with Crippen molar-refractivity contribution in [3.8, 4) is 11.1 Å². The molecule has 3 aliphatic carbocycles. The summed E-state index contributed by atoms with van der Waals surface area (Å²) in [5, 5.41) is 13.1. The van der Waals surface area contributed by atoms with Gasteiger partial charge in [0.25, 0.3) is 11.5 Å². The zero-order valence-electron chi connectivity index (χ0n) is 22.0. The highest BCUT2D eigenvalue weighted by molar-refractivity contribution is 6.07. The summed E-state index contributed by atoms with van der Waals surface area (Å²) in [5.74, 6) is 0.161. The Bertz CT molecular complexity index is 1730. The fraction of sp³-hybridized carbons (Fsp3) is 0.367. The molecule has 3 aliphatic rings. The molecule has 0 atom stereocenters. The summed E-state index contributed by atoms with van der Waals surface area (Å²) in [4.78, 5) is 47.9. The lowest BCUT2D eigenvalue weighted by molar-refractivity contribution is 0.0970. The Morgan fingerprint density at radius 3 is 2.55 bits per heavy atom. The molecule has 10 heteroatoms.